The van der Waals surface area contributed by atoms with Gasteiger partial charge in [-0.15, -0.1) is 0 Å². The molecule has 9 atom stereocenters. The molecule has 3 amide bonds. The summed E-state index contributed by atoms with van der Waals surface area (Å²) >= 11 is 0. The molecule has 2 aromatic carbocycles. The summed E-state index contributed by atoms with van der Waals surface area (Å²) < 4.78 is 6.60. The number of ether oxygens (including phenoxy) is 1. The average molecular weight is 598 g/mol. The Kier molecular flexibility index (Phi) is 8.44. The van der Waals surface area contributed by atoms with Crippen molar-refractivity contribution >= 4 is 23.4 Å². The van der Waals surface area contributed by atoms with E-state index in [-0.39, 0.29) is 29.8 Å². The fraction of sp³-hybridized carbons (Fsp3) is 0.541. The van der Waals surface area contributed by atoms with Gasteiger partial charge in [0, 0.05) is 17.8 Å². The maximum atomic E-state index is 14.5. The van der Waals surface area contributed by atoms with Crippen molar-refractivity contribution in [3.05, 3.63) is 77.9 Å². The molecule has 2 bridgehead atoms. The SMILES string of the molecule is CC(C)c1ccc(NC(=O)[C@H]2[C@H]3C=C[C@@]4(O3)[C@H]2C(=O)N([C@H](C)CCc2ccccc2)[C@@H]4C(=O)N[C@@H]2CCC[C@H](C)[C@H]2C)cc1. The lowest BCUT2D eigenvalue weighted by molar-refractivity contribution is -0.144. The van der Waals surface area contributed by atoms with Crippen molar-refractivity contribution < 1.29 is 19.1 Å². The largest absolute Gasteiger partial charge is 0.359 e. The van der Waals surface area contributed by atoms with Crippen LogP contribution in [0.5, 0.6) is 0 Å². The van der Waals surface area contributed by atoms with E-state index in [0.717, 1.165) is 25.7 Å². The van der Waals surface area contributed by atoms with Crippen LogP contribution in [0.4, 0.5) is 5.69 Å². The van der Waals surface area contributed by atoms with Crippen LogP contribution in [0.25, 0.3) is 0 Å². The Labute approximate surface area is 261 Å². The molecule has 0 radical (unpaired) electrons. The van der Waals surface area contributed by atoms with Gasteiger partial charge in [0.05, 0.1) is 17.9 Å². The van der Waals surface area contributed by atoms with Gasteiger partial charge < -0.3 is 20.3 Å². The van der Waals surface area contributed by atoms with E-state index >= 15 is 0 Å². The number of hydrogen-bond acceptors (Lipinski definition) is 4. The second-order valence-corrected chi connectivity index (χ2v) is 14.0. The van der Waals surface area contributed by atoms with Crippen LogP contribution < -0.4 is 10.6 Å². The van der Waals surface area contributed by atoms with E-state index in [1.807, 2.05) is 61.5 Å². The lowest BCUT2D eigenvalue weighted by Gasteiger charge is -2.39. The molecule has 0 unspecified atom stereocenters. The molecule has 3 fully saturated rings. The highest BCUT2D eigenvalue weighted by Crippen LogP contribution is 2.56. The molecule has 2 N–H and O–H groups in total. The fourth-order valence-electron chi connectivity index (χ4n) is 8.06. The first-order chi connectivity index (χ1) is 21.1. The van der Waals surface area contributed by atoms with E-state index in [9.17, 15) is 14.4 Å². The first kappa shape index (κ1) is 30.6. The Hall–Kier alpha value is -3.45. The van der Waals surface area contributed by atoms with Crippen LogP contribution in [0.15, 0.2) is 66.7 Å². The molecule has 2 saturated heterocycles. The number of aryl methyl sites for hydroxylation is 1. The zero-order valence-electron chi connectivity index (χ0n) is 26.7. The van der Waals surface area contributed by atoms with Gasteiger partial charge in [0.1, 0.15) is 11.6 Å². The number of amides is 3. The first-order valence-electron chi connectivity index (χ1n) is 16.5. The number of carbonyl (C=O) groups excluding carboxylic acids is 3. The number of likely N-dealkylation sites (tertiary alicyclic amines) is 1. The Morgan fingerprint density at radius 1 is 1.00 bits per heavy atom. The molecule has 1 aliphatic carbocycles. The minimum atomic E-state index is -1.17. The highest BCUT2D eigenvalue weighted by atomic mass is 16.5. The zero-order chi connectivity index (χ0) is 31.2. The van der Waals surface area contributed by atoms with E-state index in [1.165, 1.54) is 11.1 Å². The zero-order valence-corrected chi connectivity index (χ0v) is 26.7. The number of benzene rings is 2. The molecule has 1 saturated carbocycles. The van der Waals surface area contributed by atoms with Crippen LogP contribution in [0.2, 0.25) is 0 Å². The van der Waals surface area contributed by atoms with Gasteiger partial charge in [0.15, 0.2) is 0 Å². The summed E-state index contributed by atoms with van der Waals surface area (Å²) in [5, 5.41) is 6.41. The van der Waals surface area contributed by atoms with E-state index in [0.29, 0.717) is 29.9 Å². The molecule has 1 spiro atoms. The van der Waals surface area contributed by atoms with Gasteiger partial charge in [-0.1, -0.05) is 95.2 Å². The van der Waals surface area contributed by atoms with Crippen molar-refractivity contribution in [2.75, 3.05) is 5.32 Å². The molecule has 4 aliphatic rings. The lowest BCUT2D eigenvalue weighted by Crippen LogP contribution is -2.59. The van der Waals surface area contributed by atoms with Crippen molar-refractivity contribution in [3.8, 4) is 0 Å². The molecule has 7 heteroatoms. The number of nitrogens with one attached hydrogen (secondary N) is 2. The summed E-state index contributed by atoms with van der Waals surface area (Å²) in [6, 6.07) is 17.0. The standard InChI is InChI=1S/C37H47N3O4/c1-22(2)27-16-18-28(19-17-27)38-34(41)31-30-20-21-37(44-30)32(31)36(43)40(24(4)14-15-26-11-7-6-8-12-26)33(37)35(42)39-29-13-9-10-23(3)25(29)5/h6-8,11-12,16-25,29-33H,9-10,13-15H2,1-5H3,(H,38,41)(H,39,42)/t23-,24+,25+,29+,30+,31-,32+,33+,37+/m0/s1. The Morgan fingerprint density at radius 3 is 2.43 bits per heavy atom. The summed E-state index contributed by atoms with van der Waals surface area (Å²) in [4.78, 5) is 44.5. The summed E-state index contributed by atoms with van der Waals surface area (Å²) in [5.41, 5.74) is 1.90. The van der Waals surface area contributed by atoms with E-state index in [1.54, 1.807) is 4.90 Å². The van der Waals surface area contributed by atoms with Gasteiger partial charge in [-0.25, -0.2) is 0 Å². The second kappa shape index (κ2) is 12.2. The second-order valence-electron chi connectivity index (χ2n) is 14.0. The van der Waals surface area contributed by atoms with E-state index in [2.05, 4.69) is 50.5 Å². The van der Waals surface area contributed by atoms with Crippen LogP contribution in [0.3, 0.4) is 0 Å². The predicted octanol–water partition coefficient (Wildman–Crippen LogP) is 5.86. The third-order valence-corrected chi connectivity index (χ3v) is 10.9. The monoisotopic (exact) mass is 597 g/mol. The third kappa shape index (κ3) is 5.38. The first-order valence-corrected chi connectivity index (χ1v) is 16.5. The number of anilines is 1. The lowest BCUT2D eigenvalue weighted by atomic mass is 9.73. The third-order valence-electron chi connectivity index (χ3n) is 10.9. The van der Waals surface area contributed by atoms with Crippen molar-refractivity contribution in [3.63, 3.8) is 0 Å². The molecule has 6 rings (SSSR count). The van der Waals surface area contributed by atoms with Crippen molar-refractivity contribution in [1.82, 2.24) is 10.2 Å². The minimum Gasteiger partial charge on any atom is -0.359 e. The van der Waals surface area contributed by atoms with Crippen LogP contribution >= 0.6 is 0 Å². The van der Waals surface area contributed by atoms with Crippen LogP contribution in [0.1, 0.15) is 77.3 Å². The summed E-state index contributed by atoms with van der Waals surface area (Å²) in [6.45, 7) is 10.7. The van der Waals surface area contributed by atoms with Gasteiger partial charge in [0.25, 0.3) is 0 Å². The highest BCUT2D eigenvalue weighted by Gasteiger charge is 2.73. The summed E-state index contributed by atoms with van der Waals surface area (Å²) in [5.74, 6) is -0.807. The normalized spacial score (nSPS) is 33.0. The van der Waals surface area contributed by atoms with Crippen LogP contribution in [0, 0.1) is 23.7 Å². The van der Waals surface area contributed by atoms with E-state index < -0.39 is 29.6 Å². The molecule has 44 heavy (non-hydrogen) atoms. The molecule has 7 nitrogen and oxygen atoms in total. The van der Waals surface area contributed by atoms with Crippen molar-refractivity contribution in [2.45, 2.75) is 102 Å². The topological polar surface area (TPSA) is 87.7 Å². The number of hydrogen-bond donors (Lipinski definition) is 2. The van der Waals surface area contributed by atoms with Gasteiger partial charge in [-0.2, -0.15) is 0 Å². The van der Waals surface area contributed by atoms with Crippen LogP contribution in [-0.4, -0.2) is 52.5 Å². The van der Waals surface area contributed by atoms with Gasteiger partial charge in [-0.05, 0) is 67.2 Å². The maximum absolute atomic E-state index is 14.5. The molecule has 234 valence electrons. The Bertz CT molecular complexity index is 1410. The number of fused-ring (bicyclic) bond motifs is 1. The quantitative estimate of drug-likeness (QED) is 0.355. The molecule has 3 heterocycles. The Morgan fingerprint density at radius 2 is 1.73 bits per heavy atom. The molecule has 0 aromatic heterocycles. The minimum absolute atomic E-state index is 0.0498. The maximum Gasteiger partial charge on any atom is 0.246 e. The molecular weight excluding hydrogens is 550 g/mol. The average Bonchev–Trinajstić information content (AvgIpc) is 3.66. The van der Waals surface area contributed by atoms with Gasteiger partial charge >= 0.3 is 0 Å². The van der Waals surface area contributed by atoms with Crippen molar-refractivity contribution in [2.24, 2.45) is 23.7 Å². The van der Waals surface area contributed by atoms with Gasteiger partial charge in [0.2, 0.25) is 17.7 Å². The van der Waals surface area contributed by atoms with Gasteiger partial charge in [-0.3, -0.25) is 14.4 Å². The molecular formula is C37H47N3O4. The highest BCUT2D eigenvalue weighted by molar-refractivity contribution is 6.03. The summed E-state index contributed by atoms with van der Waals surface area (Å²) in [7, 11) is 0. The van der Waals surface area contributed by atoms with E-state index in [4.69, 9.17) is 4.74 Å². The molecule has 2 aromatic rings. The van der Waals surface area contributed by atoms with Crippen molar-refractivity contribution in [1.29, 1.82) is 0 Å². The number of rotatable bonds is 9. The molecule has 3 aliphatic heterocycles. The number of carbonyl (C=O) groups is 3. The Balaban J connectivity index is 1.28. The smallest absolute Gasteiger partial charge is 0.246 e. The predicted molar refractivity (Wildman–Crippen MR) is 172 cm³/mol. The fourth-order valence-corrected chi connectivity index (χ4v) is 8.06. The summed E-state index contributed by atoms with van der Waals surface area (Å²) in [6.07, 6.45) is 7.89. The van der Waals surface area contributed by atoms with Crippen LogP contribution in [-0.2, 0) is 25.5 Å². The number of nitrogens with zero attached hydrogens (tertiary/aromatic N) is 1.